The number of methoxy groups -OCH3 is 1. The van der Waals surface area contributed by atoms with Gasteiger partial charge in [0, 0.05) is 13.1 Å². The van der Waals surface area contributed by atoms with Gasteiger partial charge in [0.05, 0.1) is 13.2 Å². The summed E-state index contributed by atoms with van der Waals surface area (Å²) in [5, 5.41) is 18.3. The highest BCUT2D eigenvalue weighted by molar-refractivity contribution is 6.27. The molecule has 0 amide bonds. The Bertz CT molecular complexity index is 1050. The zero-order chi connectivity index (χ0) is 25.8. The lowest BCUT2D eigenvalue weighted by molar-refractivity contribution is -0.159. The summed E-state index contributed by atoms with van der Waals surface area (Å²) in [4.78, 5) is 18.2. The molecule has 3 N–H and O–H groups in total. The zero-order valence-corrected chi connectivity index (χ0v) is 20.1. The van der Waals surface area contributed by atoms with E-state index in [2.05, 4.69) is 66.0 Å². The second-order valence-corrected chi connectivity index (χ2v) is 8.15. The number of para-hydroxylation sites is 2. The fourth-order valence-corrected chi connectivity index (χ4v) is 4.15. The van der Waals surface area contributed by atoms with Crippen LogP contribution in [0.3, 0.4) is 0 Å². The number of carbonyl (C=O) groups is 2. The highest BCUT2D eigenvalue weighted by atomic mass is 16.5. The molecule has 36 heavy (non-hydrogen) atoms. The van der Waals surface area contributed by atoms with Crippen LogP contribution in [0.5, 0.6) is 11.5 Å². The number of hydrogen-bond donors (Lipinski definition) is 3. The number of rotatable bonds is 9. The molecule has 0 saturated carbocycles. The van der Waals surface area contributed by atoms with Gasteiger partial charge >= 0.3 is 11.9 Å². The van der Waals surface area contributed by atoms with Crippen LogP contribution in [0, 0.1) is 0 Å². The Balaban J connectivity index is 0.000000538. The van der Waals surface area contributed by atoms with Crippen molar-refractivity contribution < 1.29 is 34.0 Å². The number of ether oxygens (including phenoxy) is 3. The van der Waals surface area contributed by atoms with Crippen molar-refractivity contribution in [3.63, 3.8) is 0 Å². The average Bonchev–Trinajstić information content (AvgIpc) is 3.35. The SMILES string of the molecule is COc1ccccc1OCCNCC1CCC(c2ccccc2)(c2ccccc2)O1.O=C(O)C(=O)O. The third kappa shape index (κ3) is 7.07. The van der Waals surface area contributed by atoms with Gasteiger partial charge < -0.3 is 29.7 Å². The topological polar surface area (TPSA) is 114 Å². The van der Waals surface area contributed by atoms with Crippen molar-refractivity contribution in [1.29, 1.82) is 0 Å². The number of hydrogen-bond acceptors (Lipinski definition) is 6. The van der Waals surface area contributed by atoms with Gasteiger partial charge in [-0.25, -0.2) is 9.59 Å². The van der Waals surface area contributed by atoms with Gasteiger partial charge in [-0.05, 0) is 36.1 Å². The molecule has 4 rings (SSSR count). The largest absolute Gasteiger partial charge is 0.493 e. The van der Waals surface area contributed by atoms with Crippen molar-refractivity contribution >= 4 is 11.9 Å². The van der Waals surface area contributed by atoms with Crippen molar-refractivity contribution in [1.82, 2.24) is 5.32 Å². The summed E-state index contributed by atoms with van der Waals surface area (Å²) in [5.74, 6) is -2.12. The monoisotopic (exact) mass is 493 g/mol. The number of benzene rings is 3. The molecule has 3 aromatic carbocycles. The molecule has 1 saturated heterocycles. The summed E-state index contributed by atoms with van der Waals surface area (Å²) in [6, 6.07) is 28.9. The van der Waals surface area contributed by atoms with E-state index in [9.17, 15) is 0 Å². The maximum absolute atomic E-state index is 9.10. The fraction of sp³-hybridized carbons (Fsp3) is 0.286. The molecular formula is C28H31NO7. The number of carboxylic acid groups (broad SMARTS) is 2. The van der Waals surface area contributed by atoms with Crippen LogP contribution in [0.1, 0.15) is 24.0 Å². The summed E-state index contributed by atoms with van der Waals surface area (Å²) in [6.07, 6.45) is 2.16. The van der Waals surface area contributed by atoms with Crippen molar-refractivity contribution in [3.05, 3.63) is 96.1 Å². The van der Waals surface area contributed by atoms with Gasteiger partial charge in [-0.3, -0.25) is 0 Å². The quantitative estimate of drug-likeness (QED) is 0.303. The van der Waals surface area contributed by atoms with E-state index in [1.54, 1.807) is 7.11 Å². The van der Waals surface area contributed by atoms with E-state index in [-0.39, 0.29) is 11.7 Å². The Morgan fingerprint density at radius 1 is 0.889 bits per heavy atom. The summed E-state index contributed by atoms with van der Waals surface area (Å²) >= 11 is 0. The molecule has 190 valence electrons. The van der Waals surface area contributed by atoms with Gasteiger partial charge in [0.25, 0.3) is 0 Å². The number of aliphatic carboxylic acids is 2. The standard InChI is InChI=1S/C26H29NO3.C2H2O4/c1-28-24-14-8-9-15-25(24)29-19-18-27-20-23-16-17-26(30-23,21-10-4-2-5-11-21)22-12-6-3-7-13-22;3-1(4)2(5)6/h2-15,23,27H,16-20H2,1H3;(H,3,4)(H,5,6). The highest BCUT2D eigenvalue weighted by Crippen LogP contribution is 2.44. The lowest BCUT2D eigenvalue weighted by Crippen LogP contribution is -2.33. The zero-order valence-electron chi connectivity index (χ0n) is 20.1. The predicted molar refractivity (Wildman–Crippen MR) is 134 cm³/mol. The smallest absolute Gasteiger partial charge is 0.414 e. The molecule has 3 aromatic rings. The minimum absolute atomic E-state index is 0.164. The van der Waals surface area contributed by atoms with Crippen molar-refractivity contribution in [3.8, 4) is 11.5 Å². The average molecular weight is 494 g/mol. The minimum atomic E-state index is -1.82. The van der Waals surface area contributed by atoms with E-state index in [1.807, 2.05) is 24.3 Å². The minimum Gasteiger partial charge on any atom is -0.493 e. The first-order valence-corrected chi connectivity index (χ1v) is 11.7. The van der Waals surface area contributed by atoms with Crippen molar-refractivity contribution in [2.75, 3.05) is 26.8 Å². The molecule has 8 heteroatoms. The summed E-state index contributed by atoms with van der Waals surface area (Å²) in [7, 11) is 1.66. The van der Waals surface area contributed by atoms with Crippen LogP contribution in [-0.4, -0.2) is 55.1 Å². The molecule has 0 aliphatic carbocycles. The van der Waals surface area contributed by atoms with E-state index >= 15 is 0 Å². The van der Waals surface area contributed by atoms with Crippen LogP contribution in [0.2, 0.25) is 0 Å². The van der Waals surface area contributed by atoms with E-state index in [0.717, 1.165) is 37.4 Å². The van der Waals surface area contributed by atoms with Crippen molar-refractivity contribution in [2.24, 2.45) is 0 Å². The van der Waals surface area contributed by atoms with Crippen molar-refractivity contribution in [2.45, 2.75) is 24.5 Å². The van der Waals surface area contributed by atoms with E-state index in [1.165, 1.54) is 11.1 Å². The lowest BCUT2D eigenvalue weighted by atomic mass is 9.84. The van der Waals surface area contributed by atoms with Gasteiger partial charge in [0.2, 0.25) is 0 Å². The number of carboxylic acids is 2. The first-order chi connectivity index (χ1) is 17.5. The normalized spacial score (nSPS) is 15.9. The molecule has 0 bridgehead atoms. The second kappa shape index (κ2) is 13.3. The molecule has 1 unspecified atom stereocenters. The van der Waals surface area contributed by atoms with Crippen LogP contribution in [0.4, 0.5) is 0 Å². The molecule has 1 aliphatic rings. The third-order valence-electron chi connectivity index (χ3n) is 5.83. The first kappa shape index (κ1) is 26.7. The Labute approximate surface area is 210 Å². The van der Waals surface area contributed by atoms with Gasteiger partial charge in [0.1, 0.15) is 12.2 Å². The van der Waals surface area contributed by atoms with Crippen LogP contribution >= 0.6 is 0 Å². The fourth-order valence-electron chi connectivity index (χ4n) is 4.15. The molecule has 1 atom stereocenters. The van der Waals surface area contributed by atoms with E-state index in [4.69, 9.17) is 34.0 Å². The van der Waals surface area contributed by atoms with Crippen LogP contribution < -0.4 is 14.8 Å². The van der Waals surface area contributed by atoms with E-state index < -0.39 is 11.9 Å². The Kier molecular flexibility index (Phi) is 9.85. The van der Waals surface area contributed by atoms with Crippen LogP contribution in [-0.2, 0) is 19.9 Å². The van der Waals surface area contributed by atoms with Gasteiger partial charge in [-0.15, -0.1) is 0 Å². The Morgan fingerprint density at radius 3 is 1.94 bits per heavy atom. The highest BCUT2D eigenvalue weighted by Gasteiger charge is 2.42. The molecule has 8 nitrogen and oxygen atoms in total. The lowest BCUT2D eigenvalue weighted by Gasteiger charge is -2.31. The van der Waals surface area contributed by atoms with Crippen LogP contribution in [0.15, 0.2) is 84.9 Å². The molecule has 0 spiro atoms. The molecule has 0 aromatic heterocycles. The van der Waals surface area contributed by atoms with Gasteiger partial charge in [0.15, 0.2) is 11.5 Å². The molecule has 0 radical (unpaired) electrons. The van der Waals surface area contributed by atoms with Gasteiger partial charge in [-0.1, -0.05) is 72.8 Å². The van der Waals surface area contributed by atoms with Crippen LogP contribution in [0.25, 0.3) is 0 Å². The molecular weight excluding hydrogens is 462 g/mol. The van der Waals surface area contributed by atoms with Gasteiger partial charge in [-0.2, -0.15) is 0 Å². The maximum atomic E-state index is 9.10. The third-order valence-corrected chi connectivity index (χ3v) is 5.83. The Hall–Kier alpha value is -3.88. The molecule has 1 heterocycles. The Morgan fingerprint density at radius 2 is 1.42 bits per heavy atom. The van der Waals surface area contributed by atoms with E-state index in [0.29, 0.717) is 6.61 Å². The number of nitrogens with one attached hydrogen (secondary N) is 1. The summed E-state index contributed by atoms with van der Waals surface area (Å²) in [5.41, 5.74) is 2.07. The first-order valence-electron chi connectivity index (χ1n) is 11.7. The second-order valence-electron chi connectivity index (χ2n) is 8.15. The summed E-state index contributed by atoms with van der Waals surface area (Å²) in [6.45, 7) is 2.13. The molecule has 1 fully saturated rings. The predicted octanol–water partition coefficient (Wildman–Crippen LogP) is 3.94. The maximum Gasteiger partial charge on any atom is 0.414 e. The summed E-state index contributed by atoms with van der Waals surface area (Å²) < 4.78 is 17.9. The molecule has 1 aliphatic heterocycles.